The summed E-state index contributed by atoms with van der Waals surface area (Å²) < 4.78 is 6.58. The van der Waals surface area contributed by atoms with Gasteiger partial charge in [0.2, 0.25) is 0 Å². The van der Waals surface area contributed by atoms with Crippen molar-refractivity contribution >= 4 is 65.0 Å². The molecule has 1 heterocycles. The number of furan rings is 1. The van der Waals surface area contributed by atoms with E-state index in [0.29, 0.717) is 0 Å². The molecule has 0 aliphatic carbocycles. The van der Waals surface area contributed by atoms with Gasteiger partial charge in [0.15, 0.2) is 0 Å². The molecule has 0 atom stereocenters. The van der Waals surface area contributed by atoms with Crippen LogP contribution in [0.4, 0.5) is 0 Å². The maximum atomic E-state index is 6.58. The summed E-state index contributed by atoms with van der Waals surface area (Å²) in [5, 5.41) is 12.3. The third-order valence-corrected chi connectivity index (χ3v) is 9.84. The average Bonchev–Trinajstić information content (AvgIpc) is 3.53. The highest BCUT2D eigenvalue weighted by Crippen LogP contribution is 2.47. The molecule has 0 spiro atoms. The lowest BCUT2D eigenvalue weighted by atomic mass is 9.84. The number of para-hydroxylation sites is 2. The summed E-state index contributed by atoms with van der Waals surface area (Å²) >= 11 is 0. The molecule has 10 rings (SSSR count). The molecule has 10 aromatic rings. The summed E-state index contributed by atoms with van der Waals surface area (Å²) in [5.41, 5.74) is 9.11. The standard InChI is InChI=1S/C46H28O/c1-2-16-32-30(13-1)28-42(34-18-4-3-17-33(32)34)29-14-11-15-31(27-29)44-36-20-5-7-22-38(36)45(39-23-8-6-21-37(39)44)41-25-12-24-40-35-19-9-10-26-43(35)47-46(40)41/h1-28H. The minimum absolute atomic E-state index is 0.915. The third-order valence-electron chi connectivity index (χ3n) is 9.84. The van der Waals surface area contributed by atoms with Crippen LogP contribution in [0, 0.1) is 0 Å². The van der Waals surface area contributed by atoms with E-state index in [0.717, 1.165) is 27.5 Å². The predicted molar refractivity (Wildman–Crippen MR) is 200 cm³/mol. The second kappa shape index (κ2) is 10.2. The molecule has 0 saturated heterocycles. The van der Waals surface area contributed by atoms with Gasteiger partial charge in [-0.3, -0.25) is 0 Å². The van der Waals surface area contributed by atoms with Crippen molar-refractivity contribution in [1.82, 2.24) is 0 Å². The van der Waals surface area contributed by atoms with Crippen molar-refractivity contribution in [3.8, 4) is 33.4 Å². The van der Waals surface area contributed by atoms with Crippen LogP contribution in [0.5, 0.6) is 0 Å². The number of hydrogen-bond donors (Lipinski definition) is 0. The molecule has 0 aliphatic rings. The Morgan fingerprint density at radius 1 is 0.298 bits per heavy atom. The first-order valence-electron chi connectivity index (χ1n) is 16.2. The monoisotopic (exact) mass is 596 g/mol. The summed E-state index contributed by atoms with van der Waals surface area (Å²) in [6.45, 7) is 0. The zero-order chi connectivity index (χ0) is 30.9. The van der Waals surface area contributed by atoms with Gasteiger partial charge < -0.3 is 4.42 Å². The Morgan fingerprint density at radius 2 is 0.830 bits per heavy atom. The van der Waals surface area contributed by atoms with Gasteiger partial charge in [-0.05, 0) is 83.5 Å². The number of benzene rings is 9. The Morgan fingerprint density at radius 3 is 1.57 bits per heavy atom. The minimum Gasteiger partial charge on any atom is -0.455 e. The van der Waals surface area contributed by atoms with Gasteiger partial charge in [0, 0.05) is 21.9 Å². The second-order valence-corrected chi connectivity index (χ2v) is 12.4. The average molecular weight is 597 g/mol. The van der Waals surface area contributed by atoms with E-state index < -0.39 is 0 Å². The molecule has 1 heteroatoms. The van der Waals surface area contributed by atoms with Crippen LogP contribution in [0.15, 0.2) is 174 Å². The fourth-order valence-corrected chi connectivity index (χ4v) is 7.81. The quantitative estimate of drug-likeness (QED) is 0.146. The summed E-state index contributed by atoms with van der Waals surface area (Å²) in [5.74, 6) is 0. The van der Waals surface area contributed by atoms with Crippen LogP contribution in [-0.4, -0.2) is 0 Å². The SMILES string of the molecule is c1cc(-c2c3ccccc3c(-c3cccc4c3oc3ccccc34)c3ccccc23)cc(-c2cc3ccccc3c3ccccc23)c1. The van der Waals surface area contributed by atoms with Crippen molar-refractivity contribution in [2.75, 3.05) is 0 Å². The first-order chi connectivity index (χ1) is 23.3. The van der Waals surface area contributed by atoms with Crippen LogP contribution in [0.1, 0.15) is 0 Å². The fraction of sp³-hybridized carbons (Fsp3) is 0. The smallest absolute Gasteiger partial charge is 0.143 e. The Bertz CT molecular complexity index is 2800. The molecular weight excluding hydrogens is 569 g/mol. The van der Waals surface area contributed by atoms with Crippen LogP contribution in [0.3, 0.4) is 0 Å². The Kier molecular flexibility index (Phi) is 5.64. The van der Waals surface area contributed by atoms with E-state index in [9.17, 15) is 0 Å². The number of rotatable bonds is 3. The van der Waals surface area contributed by atoms with Crippen molar-refractivity contribution in [1.29, 1.82) is 0 Å². The van der Waals surface area contributed by atoms with E-state index in [-0.39, 0.29) is 0 Å². The topological polar surface area (TPSA) is 13.1 Å². The van der Waals surface area contributed by atoms with E-state index in [1.54, 1.807) is 0 Å². The van der Waals surface area contributed by atoms with E-state index in [2.05, 4.69) is 164 Å². The lowest BCUT2D eigenvalue weighted by Gasteiger charge is -2.18. The highest BCUT2D eigenvalue weighted by atomic mass is 16.3. The van der Waals surface area contributed by atoms with Gasteiger partial charge in [0.05, 0.1) is 0 Å². The molecule has 0 saturated carbocycles. The molecule has 47 heavy (non-hydrogen) atoms. The molecular formula is C46H28O. The fourth-order valence-electron chi connectivity index (χ4n) is 7.81. The Labute approximate surface area is 271 Å². The first-order valence-corrected chi connectivity index (χ1v) is 16.2. The molecule has 9 aromatic carbocycles. The van der Waals surface area contributed by atoms with E-state index >= 15 is 0 Å². The minimum atomic E-state index is 0.915. The molecule has 0 aliphatic heterocycles. The maximum Gasteiger partial charge on any atom is 0.143 e. The maximum absolute atomic E-state index is 6.58. The Hall–Kier alpha value is -6.18. The van der Waals surface area contributed by atoms with Crippen LogP contribution in [0.2, 0.25) is 0 Å². The van der Waals surface area contributed by atoms with Gasteiger partial charge in [-0.15, -0.1) is 0 Å². The largest absolute Gasteiger partial charge is 0.455 e. The van der Waals surface area contributed by atoms with E-state index in [4.69, 9.17) is 4.42 Å². The lowest BCUT2D eigenvalue weighted by molar-refractivity contribution is 0.670. The van der Waals surface area contributed by atoms with E-state index in [1.165, 1.54) is 70.9 Å². The zero-order valence-electron chi connectivity index (χ0n) is 25.6. The highest BCUT2D eigenvalue weighted by Gasteiger charge is 2.20. The first kappa shape index (κ1) is 26.1. The second-order valence-electron chi connectivity index (χ2n) is 12.4. The van der Waals surface area contributed by atoms with E-state index in [1.807, 2.05) is 6.07 Å². The van der Waals surface area contributed by atoms with Gasteiger partial charge >= 0.3 is 0 Å². The van der Waals surface area contributed by atoms with Crippen LogP contribution >= 0.6 is 0 Å². The van der Waals surface area contributed by atoms with Crippen molar-refractivity contribution in [2.24, 2.45) is 0 Å². The van der Waals surface area contributed by atoms with Gasteiger partial charge in [0.1, 0.15) is 11.2 Å². The molecule has 0 radical (unpaired) electrons. The summed E-state index contributed by atoms with van der Waals surface area (Å²) in [6, 6.07) is 61.5. The summed E-state index contributed by atoms with van der Waals surface area (Å²) in [7, 11) is 0. The molecule has 0 unspecified atom stereocenters. The zero-order valence-corrected chi connectivity index (χ0v) is 25.6. The number of hydrogen-bond acceptors (Lipinski definition) is 1. The third kappa shape index (κ3) is 3.90. The van der Waals surface area contributed by atoms with Crippen LogP contribution in [-0.2, 0) is 0 Å². The molecule has 0 amide bonds. The molecule has 0 N–H and O–H groups in total. The molecule has 0 bridgehead atoms. The molecule has 1 aromatic heterocycles. The summed E-state index contributed by atoms with van der Waals surface area (Å²) in [6.07, 6.45) is 0. The normalized spacial score (nSPS) is 11.8. The van der Waals surface area contributed by atoms with Gasteiger partial charge in [-0.2, -0.15) is 0 Å². The van der Waals surface area contributed by atoms with Gasteiger partial charge in [0.25, 0.3) is 0 Å². The van der Waals surface area contributed by atoms with Gasteiger partial charge in [-0.25, -0.2) is 0 Å². The van der Waals surface area contributed by atoms with Crippen LogP contribution < -0.4 is 0 Å². The predicted octanol–water partition coefficient (Wildman–Crippen LogP) is 13.2. The summed E-state index contributed by atoms with van der Waals surface area (Å²) in [4.78, 5) is 0. The van der Waals surface area contributed by atoms with Gasteiger partial charge in [-0.1, -0.05) is 152 Å². The van der Waals surface area contributed by atoms with Crippen molar-refractivity contribution in [2.45, 2.75) is 0 Å². The van der Waals surface area contributed by atoms with Crippen molar-refractivity contribution < 1.29 is 4.42 Å². The van der Waals surface area contributed by atoms with Crippen LogP contribution in [0.25, 0.3) is 98.4 Å². The van der Waals surface area contributed by atoms with Crippen molar-refractivity contribution in [3.05, 3.63) is 170 Å². The van der Waals surface area contributed by atoms with Crippen molar-refractivity contribution in [3.63, 3.8) is 0 Å². The highest BCUT2D eigenvalue weighted by molar-refractivity contribution is 6.24. The molecule has 0 fully saturated rings. The Balaban J connectivity index is 1.27. The molecule has 218 valence electrons. The molecule has 1 nitrogen and oxygen atoms in total. The lowest BCUT2D eigenvalue weighted by Crippen LogP contribution is -1.92. The number of fused-ring (bicyclic) bond motifs is 8.